The first-order valence-corrected chi connectivity index (χ1v) is 9.80. The zero-order valence-corrected chi connectivity index (χ0v) is 15.5. The first-order valence-electron chi connectivity index (χ1n) is 9.80. The number of aliphatic hydroxyl groups is 2. The van der Waals surface area contributed by atoms with Crippen LogP contribution in [0.3, 0.4) is 0 Å². The quantitative estimate of drug-likeness (QED) is 0.766. The number of ketones is 2. The number of aliphatic hydroxyl groups excluding tert-OH is 1. The molecule has 7 atom stereocenters. The van der Waals surface area contributed by atoms with Gasteiger partial charge in [0.15, 0.2) is 11.6 Å². The Hall–Kier alpha value is -1.00. The molecule has 4 aliphatic rings. The minimum atomic E-state index is -1.22. The van der Waals surface area contributed by atoms with Gasteiger partial charge in [-0.3, -0.25) is 9.59 Å². The third-order valence-corrected chi connectivity index (χ3v) is 8.71. The summed E-state index contributed by atoms with van der Waals surface area (Å²) in [5, 5.41) is 22.0. The number of fused-ring (bicyclic) bond motifs is 5. The Bertz CT molecular complexity index is 667. The summed E-state index contributed by atoms with van der Waals surface area (Å²) in [5.74, 6) is 1.05. The van der Waals surface area contributed by atoms with E-state index in [2.05, 4.69) is 13.8 Å². The van der Waals surface area contributed by atoms with Crippen molar-refractivity contribution in [3.63, 3.8) is 0 Å². The van der Waals surface area contributed by atoms with Crippen LogP contribution in [-0.2, 0) is 9.59 Å². The lowest BCUT2D eigenvalue weighted by Crippen LogP contribution is -2.58. The SMILES string of the molecule is CC(=O)[C@]1(O)CC[C@H]2[C@@H]3C[C@H](O)C4=CC(=O)CC[C@]4(C)[C@H]3CC[C@@]21C. The summed E-state index contributed by atoms with van der Waals surface area (Å²) >= 11 is 0. The van der Waals surface area contributed by atoms with Crippen LogP contribution in [0.25, 0.3) is 0 Å². The van der Waals surface area contributed by atoms with Gasteiger partial charge in [-0.1, -0.05) is 13.8 Å². The Balaban J connectivity index is 1.73. The highest BCUT2D eigenvalue weighted by molar-refractivity contribution is 5.92. The number of carbonyl (C=O) groups is 2. The molecule has 4 rings (SSSR count). The summed E-state index contributed by atoms with van der Waals surface area (Å²) in [7, 11) is 0. The number of carbonyl (C=O) groups excluding carboxylic acids is 2. The lowest BCUT2D eigenvalue weighted by Gasteiger charge is -2.59. The van der Waals surface area contributed by atoms with Crippen molar-refractivity contribution in [2.75, 3.05) is 0 Å². The molecule has 25 heavy (non-hydrogen) atoms. The molecule has 0 spiro atoms. The van der Waals surface area contributed by atoms with E-state index in [0.717, 1.165) is 31.3 Å². The summed E-state index contributed by atoms with van der Waals surface area (Å²) in [4.78, 5) is 24.1. The van der Waals surface area contributed by atoms with E-state index < -0.39 is 11.7 Å². The highest BCUT2D eigenvalue weighted by Crippen LogP contribution is 2.67. The Morgan fingerprint density at radius 1 is 1.16 bits per heavy atom. The number of Topliss-reactive ketones (excluding diaryl/α,β-unsaturated/α-hetero) is 1. The minimum Gasteiger partial charge on any atom is -0.389 e. The van der Waals surface area contributed by atoms with Crippen LogP contribution in [0.15, 0.2) is 11.6 Å². The van der Waals surface area contributed by atoms with E-state index in [1.54, 1.807) is 6.08 Å². The first-order chi connectivity index (χ1) is 11.6. The van der Waals surface area contributed by atoms with Crippen molar-refractivity contribution in [3.8, 4) is 0 Å². The normalized spacial score (nSPS) is 52.0. The van der Waals surface area contributed by atoms with Crippen molar-refractivity contribution in [2.24, 2.45) is 28.6 Å². The molecule has 4 heteroatoms. The fourth-order valence-electron chi connectivity index (χ4n) is 7.20. The molecule has 0 aliphatic heterocycles. The van der Waals surface area contributed by atoms with Gasteiger partial charge in [0.2, 0.25) is 0 Å². The maximum atomic E-state index is 12.2. The average Bonchev–Trinajstić information content (AvgIpc) is 2.83. The zero-order valence-electron chi connectivity index (χ0n) is 15.5. The van der Waals surface area contributed by atoms with Crippen molar-refractivity contribution in [1.29, 1.82) is 0 Å². The highest BCUT2D eigenvalue weighted by atomic mass is 16.3. The Morgan fingerprint density at radius 2 is 1.84 bits per heavy atom. The van der Waals surface area contributed by atoms with Crippen molar-refractivity contribution in [3.05, 3.63) is 11.6 Å². The molecule has 0 bridgehead atoms. The number of hydrogen-bond acceptors (Lipinski definition) is 4. The maximum absolute atomic E-state index is 12.2. The van der Waals surface area contributed by atoms with Gasteiger partial charge in [-0.05, 0) is 80.3 Å². The summed E-state index contributed by atoms with van der Waals surface area (Å²) in [6.07, 6.45) is 6.39. The molecule has 2 N–H and O–H groups in total. The molecule has 0 heterocycles. The highest BCUT2D eigenvalue weighted by Gasteiger charge is 2.66. The van der Waals surface area contributed by atoms with Crippen molar-refractivity contribution in [1.82, 2.24) is 0 Å². The lowest BCUT2D eigenvalue weighted by atomic mass is 9.46. The second-order valence-corrected chi connectivity index (χ2v) is 9.52. The smallest absolute Gasteiger partial charge is 0.161 e. The second-order valence-electron chi connectivity index (χ2n) is 9.52. The van der Waals surface area contributed by atoms with Gasteiger partial charge in [0, 0.05) is 11.8 Å². The molecule has 4 aliphatic carbocycles. The minimum absolute atomic E-state index is 0.109. The first kappa shape index (κ1) is 17.4. The second kappa shape index (κ2) is 5.26. The van der Waals surface area contributed by atoms with Crippen LogP contribution >= 0.6 is 0 Å². The van der Waals surface area contributed by atoms with E-state index >= 15 is 0 Å². The molecule has 0 unspecified atom stereocenters. The molecule has 138 valence electrons. The maximum Gasteiger partial charge on any atom is 0.161 e. The van der Waals surface area contributed by atoms with Gasteiger partial charge in [-0.25, -0.2) is 0 Å². The van der Waals surface area contributed by atoms with Crippen LogP contribution in [-0.4, -0.2) is 33.5 Å². The Labute approximate surface area is 149 Å². The molecular formula is C21H30O4. The molecule has 0 aromatic rings. The van der Waals surface area contributed by atoms with Gasteiger partial charge >= 0.3 is 0 Å². The van der Waals surface area contributed by atoms with Gasteiger partial charge in [-0.15, -0.1) is 0 Å². The summed E-state index contributed by atoms with van der Waals surface area (Å²) in [5.41, 5.74) is -0.780. The van der Waals surface area contributed by atoms with Gasteiger partial charge in [0.05, 0.1) is 6.10 Å². The molecule has 0 saturated heterocycles. The number of rotatable bonds is 1. The van der Waals surface area contributed by atoms with E-state index in [0.29, 0.717) is 31.1 Å². The van der Waals surface area contributed by atoms with Crippen LogP contribution in [0.2, 0.25) is 0 Å². The van der Waals surface area contributed by atoms with Crippen molar-refractivity contribution < 1.29 is 19.8 Å². The number of hydrogen-bond donors (Lipinski definition) is 2. The van der Waals surface area contributed by atoms with Crippen LogP contribution < -0.4 is 0 Å². The molecule has 3 fully saturated rings. The van der Waals surface area contributed by atoms with Gasteiger partial charge in [0.25, 0.3) is 0 Å². The monoisotopic (exact) mass is 346 g/mol. The van der Waals surface area contributed by atoms with E-state index in [9.17, 15) is 19.8 Å². The van der Waals surface area contributed by atoms with Crippen molar-refractivity contribution >= 4 is 11.6 Å². The van der Waals surface area contributed by atoms with E-state index in [4.69, 9.17) is 0 Å². The summed E-state index contributed by atoms with van der Waals surface area (Å²) in [6.45, 7) is 5.83. The average molecular weight is 346 g/mol. The molecular weight excluding hydrogens is 316 g/mol. The lowest BCUT2D eigenvalue weighted by molar-refractivity contribution is -0.162. The van der Waals surface area contributed by atoms with Crippen LogP contribution in [0.4, 0.5) is 0 Å². The Kier molecular flexibility index (Phi) is 3.66. The summed E-state index contributed by atoms with van der Waals surface area (Å²) in [6, 6.07) is 0. The topological polar surface area (TPSA) is 74.6 Å². The predicted molar refractivity (Wildman–Crippen MR) is 93.7 cm³/mol. The van der Waals surface area contributed by atoms with Gasteiger partial charge in [-0.2, -0.15) is 0 Å². The Morgan fingerprint density at radius 3 is 2.52 bits per heavy atom. The van der Waals surface area contributed by atoms with Crippen molar-refractivity contribution in [2.45, 2.75) is 77.4 Å². The van der Waals surface area contributed by atoms with Gasteiger partial charge in [0.1, 0.15) is 5.60 Å². The zero-order chi connectivity index (χ0) is 18.2. The van der Waals surface area contributed by atoms with Crippen LogP contribution in [0, 0.1) is 28.6 Å². The van der Waals surface area contributed by atoms with Crippen LogP contribution in [0.5, 0.6) is 0 Å². The molecule has 0 radical (unpaired) electrons. The van der Waals surface area contributed by atoms with Gasteiger partial charge < -0.3 is 10.2 Å². The predicted octanol–water partition coefficient (Wildman–Crippen LogP) is 2.81. The standard InChI is InChI=1S/C21H30O4/c1-12(22)21(25)9-6-16-14-11-18(24)17-10-13(23)4-7-19(17,2)15(14)5-8-20(16,21)3/h10,14-16,18,24-25H,4-9,11H2,1-3H3/t14-,15+,16+,18+,19-,20+,21-/m1/s1. The fourth-order valence-corrected chi connectivity index (χ4v) is 7.20. The van der Waals surface area contributed by atoms with E-state index in [-0.39, 0.29) is 28.3 Å². The largest absolute Gasteiger partial charge is 0.389 e. The fraction of sp³-hybridized carbons (Fsp3) is 0.810. The molecule has 0 aromatic carbocycles. The molecule has 3 saturated carbocycles. The molecule has 0 aromatic heterocycles. The van der Waals surface area contributed by atoms with E-state index in [1.165, 1.54) is 6.92 Å². The molecule has 4 nitrogen and oxygen atoms in total. The third kappa shape index (κ3) is 2.07. The summed E-state index contributed by atoms with van der Waals surface area (Å²) < 4.78 is 0. The third-order valence-electron chi connectivity index (χ3n) is 8.71. The molecule has 0 amide bonds. The van der Waals surface area contributed by atoms with E-state index in [1.807, 2.05) is 0 Å². The van der Waals surface area contributed by atoms with Crippen LogP contribution in [0.1, 0.15) is 65.7 Å².